The van der Waals surface area contributed by atoms with Gasteiger partial charge in [0.25, 0.3) is 0 Å². The Kier molecular flexibility index (Phi) is 4.64. The topological polar surface area (TPSA) is 87.7 Å². The number of imidazole rings is 1. The Morgan fingerprint density at radius 1 is 1.40 bits per heavy atom. The molecule has 1 unspecified atom stereocenters. The Balaban J connectivity index is 2.28. The van der Waals surface area contributed by atoms with E-state index in [0.717, 1.165) is 6.20 Å². The highest BCUT2D eigenvalue weighted by Gasteiger charge is 2.22. The summed E-state index contributed by atoms with van der Waals surface area (Å²) in [6.45, 7) is 1.85. The molecule has 0 aliphatic carbocycles. The van der Waals surface area contributed by atoms with Gasteiger partial charge in [0, 0.05) is 18.6 Å². The molecule has 2 heterocycles. The van der Waals surface area contributed by atoms with E-state index in [1.807, 2.05) is 6.92 Å². The fraction of sp³-hybridized carbons (Fsp3) is 0.273. The van der Waals surface area contributed by atoms with E-state index >= 15 is 0 Å². The van der Waals surface area contributed by atoms with Gasteiger partial charge in [-0.2, -0.15) is 0 Å². The van der Waals surface area contributed by atoms with Crippen LogP contribution in [0.4, 0.5) is 0 Å². The molecule has 0 bridgehead atoms. The summed E-state index contributed by atoms with van der Waals surface area (Å²) in [5, 5.41) is 0.143. The first kappa shape index (κ1) is 15.2. The highest BCUT2D eigenvalue weighted by molar-refractivity contribution is 7.89. The van der Waals surface area contributed by atoms with Gasteiger partial charge in [-0.05, 0) is 12.5 Å². The van der Waals surface area contributed by atoms with Crippen molar-refractivity contribution >= 4 is 33.2 Å². The van der Waals surface area contributed by atoms with E-state index in [1.165, 1.54) is 6.07 Å². The number of nitrogens with zero attached hydrogens (tertiary/aromatic N) is 2. The molecule has 2 N–H and O–H groups in total. The van der Waals surface area contributed by atoms with Gasteiger partial charge in [0.05, 0.1) is 11.1 Å². The molecule has 6 nitrogen and oxygen atoms in total. The number of aromatic amines is 1. The fourth-order valence-corrected chi connectivity index (χ4v) is 3.19. The summed E-state index contributed by atoms with van der Waals surface area (Å²) in [5.74, 6) is 0.545. The number of sulfonamides is 1. The lowest BCUT2D eigenvalue weighted by Gasteiger charge is -2.15. The van der Waals surface area contributed by atoms with Crippen molar-refractivity contribution in [1.29, 1.82) is 0 Å². The van der Waals surface area contributed by atoms with Crippen molar-refractivity contribution < 1.29 is 8.42 Å². The van der Waals surface area contributed by atoms with Crippen LogP contribution in [0, 0.1) is 0 Å². The number of rotatable bonds is 5. The van der Waals surface area contributed by atoms with Crippen LogP contribution >= 0.6 is 23.2 Å². The van der Waals surface area contributed by atoms with Crippen molar-refractivity contribution in [2.45, 2.75) is 24.3 Å². The van der Waals surface area contributed by atoms with Crippen molar-refractivity contribution in [2.75, 3.05) is 0 Å². The summed E-state index contributed by atoms with van der Waals surface area (Å²) in [6.07, 6.45) is 4.90. The van der Waals surface area contributed by atoms with Gasteiger partial charge in [0.15, 0.2) is 0 Å². The number of aromatic nitrogens is 3. The highest BCUT2D eigenvalue weighted by Crippen LogP contribution is 2.23. The van der Waals surface area contributed by atoms with E-state index in [2.05, 4.69) is 19.7 Å². The first-order valence-corrected chi connectivity index (χ1v) is 8.00. The molecule has 1 atom stereocenters. The van der Waals surface area contributed by atoms with Crippen LogP contribution in [-0.4, -0.2) is 23.4 Å². The SMILES string of the molecule is CCC(NS(=O)(=O)c1cnc(Cl)c(Cl)c1)c1ncc[nH]1. The standard InChI is InChI=1S/C11H12Cl2N4O2S/c1-2-9(11-14-3-4-15-11)17-20(18,19)7-5-8(12)10(13)16-6-7/h3-6,9,17H,2H2,1H3,(H,14,15). The lowest BCUT2D eigenvalue weighted by atomic mass is 10.2. The van der Waals surface area contributed by atoms with E-state index in [4.69, 9.17) is 23.2 Å². The molecule has 2 aromatic heterocycles. The molecule has 9 heteroatoms. The van der Waals surface area contributed by atoms with Gasteiger partial charge < -0.3 is 4.98 Å². The Hall–Kier alpha value is -1.15. The van der Waals surface area contributed by atoms with Crippen molar-refractivity contribution in [3.05, 3.63) is 40.7 Å². The molecule has 0 saturated heterocycles. The average molecular weight is 335 g/mol. The molecule has 0 aromatic carbocycles. The number of H-pyrrole nitrogens is 1. The summed E-state index contributed by atoms with van der Waals surface area (Å²) >= 11 is 11.5. The number of pyridine rings is 1. The van der Waals surface area contributed by atoms with Crippen molar-refractivity contribution in [2.24, 2.45) is 0 Å². The second-order valence-corrected chi connectivity index (χ2v) is 6.48. The first-order chi connectivity index (χ1) is 9.44. The van der Waals surface area contributed by atoms with Gasteiger partial charge in [-0.25, -0.2) is 23.1 Å². The van der Waals surface area contributed by atoms with Gasteiger partial charge in [-0.1, -0.05) is 30.1 Å². The molecule has 0 amide bonds. The third kappa shape index (κ3) is 3.29. The quantitative estimate of drug-likeness (QED) is 0.822. The lowest BCUT2D eigenvalue weighted by Crippen LogP contribution is -2.29. The van der Waals surface area contributed by atoms with E-state index in [-0.39, 0.29) is 15.1 Å². The Morgan fingerprint density at radius 3 is 2.70 bits per heavy atom. The maximum atomic E-state index is 12.3. The summed E-state index contributed by atoms with van der Waals surface area (Å²) in [5.41, 5.74) is 0. The number of nitrogens with one attached hydrogen (secondary N) is 2. The summed E-state index contributed by atoms with van der Waals surface area (Å²) in [4.78, 5) is 10.6. The summed E-state index contributed by atoms with van der Waals surface area (Å²) < 4.78 is 27.1. The predicted molar refractivity (Wildman–Crippen MR) is 76.2 cm³/mol. The van der Waals surface area contributed by atoms with Gasteiger partial charge >= 0.3 is 0 Å². The molecule has 0 spiro atoms. The molecule has 0 aliphatic rings. The molecule has 0 saturated carbocycles. The largest absolute Gasteiger partial charge is 0.347 e. The van der Waals surface area contributed by atoms with Crippen LogP contribution in [-0.2, 0) is 10.0 Å². The third-order valence-electron chi connectivity index (χ3n) is 2.64. The van der Waals surface area contributed by atoms with Crippen LogP contribution in [0.3, 0.4) is 0 Å². The second kappa shape index (κ2) is 6.09. The monoisotopic (exact) mass is 334 g/mol. The van der Waals surface area contributed by atoms with E-state index in [0.29, 0.717) is 12.2 Å². The van der Waals surface area contributed by atoms with E-state index < -0.39 is 16.1 Å². The van der Waals surface area contributed by atoms with Gasteiger partial charge in [-0.3, -0.25) is 0 Å². The molecule has 0 fully saturated rings. The minimum atomic E-state index is -3.75. The van der Waals surface area contributed by atoms with Gasteiger partial charge in [0.2, 0.25) is 10.0 Å². The maximum absolute atomic E-state index is 12.3. The van der Waals surface area contributed by atoms with Crippen LogP contribution in [0.25, 0.3) is 0 Å². The Morgan fingerprint density at radius 2 is 2.15 bits per heavy atom. The van der Waals surface area contributed by atoms with Gasteiger partial charge in [-0.15, -0.1) is 0 Å². The zero-order chi connectivity index (χ0) is 14.8. The smallest absolute Gasteiger partial charge is 0.242 e. The summed E-state index contributed by atoms with van der Waals surface area (Å²) in [7, 11) is -3.75. The molecule has 0 aliphatic heterocycles. The molecule has 20 heavy (non-hydrogen) atoms. The first-order valence-electron chi connectivity index (χ1n) is 5.76. The molecule has 2 aromatic rings. The van der Waals surface area contributed by atoms with Crippen LogP contribution in [0.15, 0.2) is 29.6 Å². The van der Waals surface area contributed by atoms with Gasteiger partial charge in [0.1, 0.15) is 15.9 Å². The Labute approximate surface area is 126 Å². The zero-order valence-corrected chi connectivity index (χ0v) is 12.8. The highest BCUT2D eigenvalue weighted by atomic mass is 35.5. The van der Waals surface area contributed by atoms with Crippen molar-refractivity contribution in [3.63, 3.8) is 0 Å². The fourth-order valence-electron chi connectivity index (χ4n) is 1.61. The molecule has 2 rings (SSSR count). The second-order valence-electron chi connectivity index (χ2n) is 4.00. The van der Waals surface area contributed by atoms with Crippen LogP contribution in [0.2, 0.25) is 10.2 Å². The Bertz CT molecular complexity index is 688. The predicted octanol–water partition coefficient (Wildman–Crippen LogP) is 2.54. The number of hydrogen-bond donors (Lipinski definition) is 2. The zero-order valence-electron chi connectivity index (χ0n) is 10.5. The number of hydrogen-bond acceptors (Lipinski definition) is 4. The van der Waals surface area contributed by atoms with E-state index in [1.54, 1.807) is 12.4 Å². The molecular weight excluding hydrogens is 323 g/mol. The summed E-state index contributed by atoms with van der Waals surface area (Å²) in [6, 6.07) is 0.804. The molecular formula is C11H12Cl2N4O2S. The van der Waals surface area contributed by atoms with Crippen LogP contribution in [0.5, 0.6) is 0 Å². The van der Waals surface area contributed by atoms with Crippen molar-refractivity contribution in [3.8, 4) is 0 Å². The third-order valence-corrected chi connectivity index (χ3v) is 4.76. The minimum Gasteiger partial charge on any atom is -0.347 e. The average Bonchev–Trinajstić information content (AvgIpc) is 2.93. The van der Waals surface area contributed by atoms with E-state index in [9.17, 15) is 8.42 Å². The van der Waals surface area contributed by atoms with Crippen LogP contribution < -0.4 is 4.72 Å². The molecule has 0 radical (unpaired) electrons. The lowest BCUT2D eigenvalue weighted by molar-refractivity contribution is 0.539. The van der Waals surface area contributed by atoms with Crippen LogP contribution in [0.1, 0.15) is 25.2 Å². The number of halogens is 2. The normalized spacial score (nSPS) is 13.3. The van der Waals surface area contributed by atoms with Crippen molar-refractivity contribution in [1.82, 2.24) is 19.7 Å². The molecule has 108 valence electrons. The maximum Gasteiger partial charge on any atom is 0.242 e. The minimum absolute atomic E-state index is 0.0445.